The monoisotopic (exact) mass is 521 g/mol. The van der Waals surface area contributed by atoms with Crippen molar-refractivity contribution in [1.29, 1.82) is 0 Å². The number of unbranched alkanes of at least 4 members (excludes halogenated alkanes) is 5. The highest BCUT2D eigenvalue weighted by atomic mass is 32.2. The Morgan fingerprint density at radius 2 is 1.83 bits per heavy atom. The van der Waals surface area contributed by atoms with Crippen molar-refractivity contribution in [2.24, 2.45) is 0 Å². The second kappa shape index (κ2) is 11.8. The summed E-state index contributed by atoms with van der Waals surface area (Å²) in [5.74, 6) is 0.569. The molecule has 3 aromatic rings. The number of benzene rings is 1. The number of fused-ring (bicyclic) bond motifs is 1. The molecule has 0 atom stereocenters. The van der Waals surface area contributed by atoms with Gasteiger partial charge in [-0.25, -0.2) is 0 Å². The van der Waals surface area contributed by atoms with Crippen LogP contribution in [0.15, 0.2) is 52.3 Å². The van der Waals surface area contributed by atoms with Gasteiger partial charge >= 0.3 is 0 Å². The molecule has 1 aliphatic heterocycles. The molecule has 1 amide bonds. The molecule has 36 heavy (non-hydrogen) atoms. The lowest BCUT2D eigenvalue weighted by molar-refractivity contribution is -0.122. The van der Waals surface area contributed by atoms with Gasteiger partial charge in [0.15, 0.2) is 0 Å². The number of amides is 1. The molecule has 6 nitrogen and oxygen atoms in total. The quantitative estimate of drug-likeness (QED) is 0.169. The number of rotatable bonds is 10. The van der Waals surface area contributed by atoms with Crippen LogP contribution in [-0.4, -0.2) is 31.1 Å². The van der Waals surface area contributed by atoms with Crippen molar-refractivity contribution in [3.05, 3.63) is 74.5 Å². The first kappa shape index (κ1) is 26.1. The van der Waals surface area contributed by atoms with Crippen LogP contribution < -0.4 is 10.3 Å². The van der Waals surface area contributed by atoms with Crippen molar-refractivity contribution in [3.8, 4) is 11.6 Å². The maximum atomic E-state index is 13.5. The van der Waals surface area contributed by atoms with Gasteiger partial charge in [-0.15, -0.1) is 0 Å². The second-order valence-corrected chi connectivity index (χ2v) is 10.7. The Kier molecular flexibility index (Phi) is 8.59. The number of nitrogens with zero attached hydrogens (tertiary/aromatic N) is 3. The number of hydrogen-bond acceptors (Lipinski definition) is 6. The molecule has 1 fully saturated rings. The molecular weight excluding hydrogens is 490 g/mol. The first-order valence-corrected chi connectivity index (χ1v) is 13.6. The fraction of sp³-hybridized carbons (Fsp3) is 0.357. The van der Waals surface area contributed by atoms with Crippen LogP contribution in [0.3, 0.4) is 0 Å². The van der Waals surface area contributed by atoms with Crippen molar-refractivity contribution in [2.75, 3.05) is 6.54 Å². The zero-order chi connectivity index (χ0) is 25.7. The number of hydrogen-bond donors (Lipinski definition) is 0. The Bertz CT molecular complexity index is 1380. The van der Waals surface area contributed by atoms with Crippen LogP contribution in [-0.2, 0) is 4.79 Å². The molecule has 0 bridgehead atoms. The number of thioether (sulfide) groups is 1. The predicted molar refractivity (Wildman–Crippen MR) is 151 cm³/mol. The summed E-state index contributed by atoms with van der Waals surface area (Å²) in [6.07, 6.45) is 10.1. The Morgan fingerprint density at radius 1 is 1.06 bits per heavy atom. The summed E-state index contributed by atoms with van der Waals surface area (Å²) in [6.45, 7) is 6.65. The maximum Gasteiger partial charge on any atom is 0.269 e. The summed E-state index contributed by atoms with van der Waals surface area (Å²) in [6, 6.07) is 11.2. The van der Waals surface area contributed by atoms with Gasteiger partial charge in [-0.2, -0.15) is 4.98 Å². The van der Waals surface area contributed by atoms with E-state index < -0.39 is 0 Å². The molecule has 188 valence electrons. The zero-order valence-electron chi connectivity index (χ0n) is 21.0. The Labute approximate surface area is 221 Å². The van der Waals surface area contributed by atoms with Crippen LogP contribution in [0, 0.1) is 13.8 Å². The van der Waals surface area contributed by atoms with Crippen molar-refractivity contribution >= 4 is 45.9 Å². The summed E-state index contributed by atoms with van der Waals surface area (Å²) in [4.78, 5) is 33.5. The molecule has 0 unspecified atom stereocenters. The van der Waals surface area contributed by atoms with Crippen LogP contribution in [0.25, 0.3) is 11.7 Å². The van der Waals surface area contributed by atoms with Gasteiger partial charge in [0.05, 0.1) is 4.91 Å². The summed E-state index contributed by atoms with van der Waals surface area (Å²) in [5, 5.41) is 0. The van der Waals surface area contributed by atoms with E-state index in [2.05, 4.69) is 11.9 Å². The summed E-state index contributed by atoms with van der Waals surface area (Å²) in [5.41, 5.74) is 2.31. The number of ether oxygens (including phenoxy) is 1. The van der Waals surface area contributed by atoms with Crippen LogP contribution >= 0.6 is 24.0 Å². The topological polar surface area (TPSA) is 63.9 Å². The third-order valence-electron chi connectivity index (χ3n) is 6.14. The molecule has 1 aliphatic rings. The number of pyridine rings is 1. The van der Waals surface area contributed by atoms with Crippen LogP contribution in [0.5, 0.6) is 11.6 Å². The van der Waals surface area contributed by atoms with Gasteiger partial charge in [0.1, 0.15) is 21.3 Å². The molecule has 4 rings (SSSR count). The maximum absolute atomic E-state index is 13.5. The summed E-state index contributed by atoms with van der Waals surface area (Å²) >= 11 is 6.73. The number of carbonyl (C=O) groups excluding carboxylic acids is 1. The molecule has 8 heteroatoms. The van der Waals surface area contributed by atoms with Crippen molar-refractivity contribution in [2.45, 2.75) is 59.3 Å². The third-order valence-corrected chi connectivity index (χ3v) is 7.52. The Balaban J connectivity index is 1.66. The highest BCUT2D eigenvalue weighted by molar-refractivity contribution is 8.26. The number of carbonyl (C=O) groups is 1. The first-order valence-electron chi connectivity index (χ1n) is 12.4. The van der Waals surface area contributed by atoms with Crippen molar-refractivity contribution < 1.29 is 9.53 Å². The number of aromatic nitrogens is 2. The molecule has 0 aliphatic carbocycles. The SMILES string of the molecule is CCCCCCCCN1C(=O)/C(=C\c2c(Oc3cccc(C)c3)nc3c(C)cccn3c2=O)SC1=S. The molecule has 2 aromatic heterocycles. The van der Waals surface area contributed by atoms with Gasteiger partial charge in [0.2, 0.25) is 5.88 Å². The van der Waals surface area contributed by atoms with Gasteiger partial charge in [0, 0.05) is 12.7 Å². The molecule has 3 heterocycles. The van der Waals surface area contributed by atoms with E-state index in [1.807, 2.05) is 44.2 Å². The molecule has 1 aromatic carbocycles. The van der Waals surface area contributed by atoms with E-state index in [0.29, 0.717) is 27.2 Å². The molecular formula is C28H31N3O3S2. The molecule has 1 saturated heterocycles. The molecule has 0 saturated carbocycles. The summed E-state index contributed by atoms with van der Waals surface area (Å²) in [7, 11) is 0. The van der Waals surface area contributed by atoms with E-state index in [0.717, 1.165) is 30.4 Å². The average molecular weight is 522 g/mol. The van der Waals surface area contributed by atoms with Crippen molar-refractivity contribution in [1.82, 2.24) is 14.3 Å². The Morgan fingerprint density at radius 3 is 2.61 bits per heavy atom. The van der Waals surface area contributed by atoms with E-state index in [-0.39, 0.29) is 22.9 Å². The van der Waals surface area contributed by atoms with E-state index >= 15 is 0 Å². The lowest BCUT2D eigenvalue weighted by Gasteiger charge is -2.14. The normalized spacial score (nSPS) is 14.9. The average Bonchev–Trinajstić information content (AvgIpc) is 3.11. The highest BCUT2D eigenvalue weighted by Gasteiger charge is 2.32. The van der Waals surface area contributed by atoms with Gasteiger partial charge in [-0.05, 0) is 55.7 Å². The third kappa shape index (κ3) is 5.87. The number of thiocarbonyl (C=S) groups is 1. The standard InChI is InChI=1S/C28H31N3O3S2/c1-4-5-6-7-8-9-15-31-27(33)23(36-28(31)35)18-22-25(34-21-14-10-12-19(2)17-21)29-24-20(3)13-11-16-30(24)26(22)32/h10-14,16-18H,4-9,15H2,1-3H3/b23-18+. The summed E-state index contributed by atoms with van der Waals surface area (Å²) < 4.78 is 8.12. The molecule has 0 radical (unpaired) electrons. The largest absolute Gasteiger partial charge is 0.438 e. The van der Waals surface area contributed by atoms with E-state index in [1.165, 1.54) is 35.4 Å². The zero-order valence-corrected chi connectivity index (χ0v) is 22.6. The lowest BCUT2D eigenvalue weighted by atomic mass is 10.1. The van der Waals surface area contributed by atoms with Gasteiger partial charge in [-0.1, -0.05) is 81.2 Å². The lowest BCUT2D eigenvalue weighted by Crippen LogP contribution is -2.29. The molecule has 0 N–H and O–H groups in total. The predicted octanol–water partition coefficient (Wildman–Crippen LogP) is 6.67. The van der Waals surface area contributed by atoms with E-state index in [9.17, 15) is 9.59 Å². The second-order valence-electron chi connectivity index (χ2n) is 9.04. The van der Waals surface area contributed by atoms with E-state index in [1.54, 1.807) is 23.2 Å². The van der Waals surface area contributed by atoms with Gasteiger partial charge in [0.25, 0.3) is 11.5 Å². The molecule has 0 spiro atoms. The van der Waals surface area contributed by atoms with Crippen LogP contribution in [0.2, 0.25) is 0 Å². The highest BCUT2D eigenvalue weighted by Crippen LogP contribution is 2.34. The fourth-order valence-electron chi connectivity index (χ4n) is 4.16. The minimum absolute atomic E-state index is 0.168. The van der Waals surface area contributed by atoms with Crippen LogP contribution in [0.1, 0.15) is 62.1 Å². The Hall–Kier alpha value is -2.97. The van der Waals surface area contributed by atoms with E-state index in [4.69, 9.17) is 17.0 Å². The van der Waals surface area contributed by atoms with Gasteiger partial charge in [-0.3, -0.25) is 18.9 Å². The minimum atomic E-state index is -0.299. The number of aryl methyl sites for hydroxylation is 2. The fourth-order valence-corrected chi connectivity index (χ4v) is 5.45. The smallest absolute Gasteiger partial charge is 0.269 e. The minimum Gasteiger partial charge on any atom is -0.438 e. The van der Waals surface area contributed by atoms with Gasteiger partial charge < -0.3 is 4.74 Å². The van der Waals surface area contributed by atoms with Crippen LogP contribution in [0.4, 0.5) is 0 Å². The first-order chi connectivity index (χ1) is 17.4. The van der Waals surface area contributed by atoms with Crippen molar-refractivity contribution in [3.63, 3.8) is 0 Å².